The predicted molar refractivity (Wildman–Crippen MR) is 136 cm³/mol. The SMILES string of the molecule is COC(=O)C1=C(C)NC2=C(C(=O)c3ccccc32)[C@@H]1c1cn(Cc2ccccc2)c2ccccc12. The highest BCUT2D eigenvalue weighted by Crippen LogP contribution is 2.48. The Labute approximate surface area is 203 Å². The van der Waals surface area contributed by atoms with E-state index in [4.69, 9.17) is 4.74 Å². The van der Waals surface area contributed by atoms with Crippen LogP contribution < -0.4 is 5.32 Å². The van der Waals surface area contributed by atoms with Gasteiger partial charge in [0.2, 0.25) is 0 Å². The van der Waals surface area contributed by atoms with Crippen LogP contribution in [0.5, 0.6) is 0 Å². The lowest BCUT2D eigenvalue weighted by molar-refractivity contribution is -0.136. The molecule has 0 radical (unpaired) electrons. The van der Waals surface area contributed by atoms with Gasteiger partial charge < -0.3 is 14.6 Å². The van der Waals surface area contributed by atoms with Crippen molar-refractivity contribution in [1.82, 2.24) is 9.88 Å². The Kier molecular flexibility index (Phi) is 4.92. The van der Waals surface area contributed by atoms with Crippen LogP contribution in [0.3, 0.4) is 0 Å². The summed E-state index contributed by atoms with van der Waals surface area (Å²) in [6.45, 7) is 2.56. The van der Waals surface area contributed by atoms with Gasteiger partial charge in [-0.3, -0.25) is 4.79 Å². The molecule has 1 atom stereocenters. The summed E-state index contributed by atoms with van der Waals surface area (Å²) in [6, 6.07) is 26.0. The van der Waals surface area contributed by atoms with E-state index in [1.54, 1.807) is 0 Å². The second kappa shape index (κ2) is 8.13. The van der Waals surface area contributed by atoms with E-state index in [9.17, 15) is 9.59 Å². The van der Waals surface area contributed by atoms with Crippen LogP contribution in [0.4, 0.5) is 0 Å². The zero-order valence-corrected chi connectivity index (χ0v) is 19.5. The number of Topliss-reactive ketones (excluding diaryl/α,β-unsaturated/α-hetero) is 1. The highest BCUT2D eigenvalue weighted by molar-refractivity contribution is 6.23. The summed E-state index contributed by atoms with van der Waals surface area (Å²) in [4.78, 5) is 26.8. The monoisotopic (exact) mass is 460 g/mol. The molecule has 0 saturated heterocycles. The number of carbonyl (C=O) groups is 2. The van der Waals surface area contributed by atoms with Gasteiger partial charge in [-0.2, -0.15) is 0 Å². The van der Waals surface area contributed by atoms with Crippen molar-refractivity contribution in [2.45, 2.75) is 19.4 Å². The molecule has 0 fully saturated rings. The minimum Gasteiger partial charge on any atom is -0.466 e. The third-order valence-electron chi connectivity index (χ3n) is 6.98. The normalized spacial score (nSPS) is 16.9. The molecular weight excluding hydrogens is 436 g/mol. The summed E-state index contributed by atoms with van der Waals surface area (Å²) in [5.41, 5.74) is 7.22. The first-order valence-corrected chi connectivity index (χ1v) is 11.6. The van der Waals surface area contributed by atoms with Crippen molar-refractivity contribution in [2.24, 2.45) is 0 Å². The summed E-state index contributed by atoms with van der Waals surface area (Å²) in [5.74, 6) is -1.03. The van der Waals surface area contributed by atoms with E-state index in [2.05, 4.69) is 40.3 Å². The Morgan fingerprint density at radius 2 is 1.63 bits per heavy atom. The third-order valence-corrected chi connectivity index (χ3v) is 6.98. The quantitative estimate of drug-likeness (QED) is 0.413. The molecule has 0 unspecified atom stereocenters. The van der Waals surface area contributed by atoms with E-state index in [1.165, 1.54) is 12.7 Å². The number of hydrogen-bond acceptors (Lipinski definition) is 4. The van der Waals surface area contributed by atoms with Crippen molar-refractivity contribution in [1.29, 1.82) is 0 Å². The lowest BCUT2D eigenvalue weighted by atomic mass is 9.79. The Balaban J connectivity index is 1.59. The number of methoxy groups -OCH3 is 1. The van der Waals surface area contributed by atoms with Gasteiger partial charge in [0.25, 0.3) is 0 Å². The molecule has 0 bridgehead atoms. The predicted octanol–water partition coefficient (Wildman–Crippen LogP) is 5.43. The molecular formula is C30H24N2O3. The first kappa shape index (κ1) is 21.2. The maximum Gasteiger partial charge on any atom is 0.336 e. The van der Waals surface area contributed by atoms with Gasteiger partial charge in [-0.15, -0.1) is 0 Å². The molecule has 5 heteroatoms. The fraction of sp³-hybridized carbons (Fsp3) is 0.133. The number of rotatable bonds is 4. The standard InChI is InChI=1S/C30H24N2O3/c1-18-25(30(34)35-2)26(27-28(31-18)21-13-6-7-14-22(21)29(27)33)23-17-32(16-19-10-4-3-5-11-19)24-15-9-8-12-20(23)24/h3-15,17,26,31H,16H2,1-2H3/t26-/m1/s1. The van der Waals surface area contributed by atoms with E-state index < -0.39 is 11.9 Å². The Morgan fingerprint density at radius 1 is 0.943 bits per heavy atom. The van der Waals surface area contributed by atoms with Gasteiger partial charge >= 0.3 is 5.97 Å². The summed E-state index contributed by atoms with van der Waals surface area (Å²) in [7, 11) is 1.38. The van der Waals surface area contributed by atoms with Crippen molar-refractivity contribution in [3.8, 4) is 0 Å². The number of esters is 1. The number of fused-ring (bicyclic) bond motifs is 3. The van der Waals surface area contributed by atoms with Crippen LogP contribution in [-0.2, 0) is 16.1 Å². The molecule has 4 aromatic rings. The molecule has 0 spiro atoms. The van der Waals surface area contributed by atoms with Crippen molar-refractivity contribution >= 4 is 28.4 Å². The average molecular weight is 461 g/mol. The van der Waals surface area contributed by atoms with E-state index in [-0.39, 0.29) is 5.78 Å². The van der Waals surface area contributed by atoms with Crippen LogP contribution in [0.25, 0.3) is 16.6 Å². The number of ether oxygens (including phenoxy) is 1. The molecule has 2 aliphatic rings. The molecule has 35 heavy (non-hydrogen) atoms. The molecule has 0 saturated carbocycles. The van der Waals surface area contributed by atoms with E-state index in [0.717, 1.165) is 27.7 Å². The van der Waals surface area contributed by atoms with Crippen LogP contribution in [0, 0.1) is 0 Å². The van der Waals surface area contributed by atoms with Gasteiger partial charge in [0.1, 0.15) is 0 Å². The fourth-order valence-corrected chi connectivity index (χ4v) is 5.44. The Morgan fingerprint density at radius 3 is 2.40 bits per heavy atom. The number of nitrogens with zero attached hydrogens (tertiary/aromatic N) is 1. The number of nitrogens with one attached hydrogen (secondary N) is 1. The minimum absolute atomic E-state index is 0.0538. The lowest BCUT2D eigenvalue weighted by Gasteiger charge is -2.28. The molecule has 172 valence electrons. The third kappa shape index (κ3) is 3.23. The number of ketones is 1. The molecule has 3 aromatic carbocycles. The summed E-state index contributed by atoms with van der Waals surface area (Å²) in [5, 5.41) is 4.37. The van der Waals surface area contributed by atoms with Gasteiger partial charge in [-0.1, -0.05) is 72.8 Å². The lowest BCUT2D eigenvalue weighted by Crippen LogP contribution is -2.29. The second-order valence-electron chi connectivity index (χ2n) is 8.97. The van der Waals surface area contributed by atoms with E-state index >= 15 is 0 Å². The van der Waals surface area contributed by atoms with Crippen molar-refractivity contribution < 1.29 is 14.3 Å². The highest BCUT2D eigenvalue weighted by Gasteiger charge is 2.43. The van der Waals surface area contributed by atoms with Crippen molar-refractivity contribution in [3.05, 3.63) is 124 Å². The number of para-hydroxylation sites is 1. The number of hydrogen-bond donors (Lipinski definition) is 1. The first-order chi connectivity index (χ1) is 17.1. The van der Waals surface area contributed by atoms with Crippen LogP contribution in [0.2, 0.25) is 0 Å². The van der Waals surface area contributed by atoms with Crippen molar-refractivity contribution in [3.63, 3.8) is 0 Å². The van der Waals surface area contributed by atoms with E-state index in [0.29, 0.717) is 29.0 Å². The number of aromatic nitrogens is 1. The maximum atomic E-state index is 13.7. The largest absolute Gasteiger partial charge is 0.466 e. The first-order valence-electron chi connectivity index (χ1n) is 11.6. The zero-order valence-electron chi connectivity index (χ0n) is 19.5. The zero-order chi connectivity index (χ0) is 24.1. The average Bonchev–Trinajstić information content (AvgIpc) is 3.39. The van der Waals surface area contributed by atoms with Gasteiger partial charge in [0, 0.05) is 46.0 Å². The molecule has 2 heterocycles. The number of allylic oxidation sites excluding steroid dienone is 2. The second-order valence-corrected chi connectivity index (χ2v) is 8.97. The highest BCUT2D eigenvalue weighted by atomic mass is 16.5. The van der Waals surface area contributed by atoms with Crippen LogP contribution in [0.1, 0.15) is 39.9 Å². The van der Waals surface area contributed by atoms with Gasteiger partial charge in [-0.25, -0.2) is 4.79 Å². The van der Waals surface area contributed by atoms with Crippen LogP contribution >= 0.6 is 0 Å². The molecule has 5 nitrogen and oxygen atoms in total. The van der Waals surface area contributed by atoms with Crippen molar-refractivity contribution in [2.75, 3.05) is 7.11 Å². The van der Waals surface area contributed by atoms with Crippen LogP contribution in [-0.4, -0.2) is 23.4 Å². The molecule has 1 N–H and O–H groups in total. The molecule has 1 aromatic heterocycles. The van der Waals surface area contributed by atoms with Gasteiger partial charge in [-0.05, 0) is 24.1 Å². The van der Waals surface area contributed by atoms with Crippen LogP contribution in [0.15, 0.2) is 102 Å². The smallest absolute Gasteiger partial charge is 0.336 e. The Hall–Kier alpha value is -4.38. The fourth-order valence-electron chi connectivity index (χ4n) is 5.44. The maximum absolute atomic E-state index is 13.7. The molecule has 1 aliphatic carbocycles. The summed E-state index contributed by atoms with van der Waals surface area (Å²) in [6.07, 6.45) is 2.09. The topological polar surface area (TPSA) is 60.3 Å². The minimum atomic E-state index is -0.541. The number of benzene rings is 3. The number of carbonyl (C=O) groups excluding carboxylic acids is 2. The summed E-state index contributed by atoms with van der Waals surface area (Å²) >= 11 is 0. The number of dihydropyridines is 1. The molecule has 1 aliphatic heterocycles. The van der Waals surface area contributed by atoms with Gasteiger partial charge in [0.05, 0.1) is 24.3 Å². The van der Waals surface area contributed by atoms with Gasteiger partial charge in [0.15, 0.2) is 5.78 Å². The van der Waals surface area contributed by atoms with E-state index in [1.807, 2.05) is 61.5 Å². The Bertz CT molecular complexity index is 1570. The molecule has 6 rings (SSSR count). The molecule has 0 amide bonds. The summed E-state index contributed by atoms with van der Waals surface area (Å²) < 4.78 is 7.40.